The first kappa shape index (κ1) is 20.7. The summed E-state index contributed by atoms with van der Waals surface area (Å²) < 4.78 is 4.59. The molecule has 1 N–H and O–H groups in total. The molecule has 0 atom stereocenters. The van der Waals surface area contributed by atoms with Crippen molar-refractivity contribution in [3.8, 4) is 0 Å². The van der Waals surface area contributed by atoms with Crippen LogP contribution in [0.25, 0.3) is 0 Å². The van der Waals surface area contributed by atoms with Crippen molar-refractivity contribution < 1.29 is 19.2 Å². The molecule has 0 saturated carbocycles. The summed E-state index contributed by atoms with van der Waals surface area (Å²) in [5, 5.41) is 14.1. The van der Waals surface area contributed by atoms with E-state index in [1.54, 1.807) is 18.2 Å². The molecule has 1 heterocycles. The quantitative estimate of drug-likeness (QED) is 0.307. The summed E-state index contributed by atoms with van der Waals surface area (Å²) in [6.07, 6.45) is 4.23. The maximum Gasteiger partial charge on any atom is 0.305 e. The zero-order valence-electron chi connectivity index (χ0n) is 15.7. The molecule has 1 amide bonds. The van der Waals surface area contributed by atoms with E-state index in [0.29, 0.717) is 44.6 Å². The van der Waals surface area contributed by atoms with E-state index in [-0.39, 0.29) is 28.4 Å². The van der Waals surface area contributed by atoms with E-state index in [9.17, 15) is 19.7 Å². The highest BCUT2D eigenvalue weighted by Crippen LogP contribution is 2.31. The lowest BCUT2D eigenvalue weighted by Gasteiger charge is -2.32. The predicted molar refractivity (Wildman–Crippen MR) is 102 cm³/mol. The number of para-hydroxylation sites is 2. The van der Waals surface area contributed by atoms with Crippen LogP contribution in [0, 0.1) is 16.0 Å². The van der Waals surface area contributed by atoms with Crippen LogP contribution in [0.3, 0.4) is 0 Å². The number of esters is 1. The highest BCUT2D eigenvalue weighted by atomic mass is 16.6. The first-order valence-electron chi connectivity index (χ1n) is 9.36. The van der Waals surface area contributed by atoms with Crippen molar-refractivity contribution in [2.75, 3.05) is 31.6 Å². The molecular formula is C19H27N3O5. The topological polar surface area (TPSA) is 102 Å². The second-order valence-corrected chi connectivity index (χ2v) is 6.68. The third-order valence-electron chi connectivity index (χ3n) is 4.87. The van der Waals surface area contributed by atoms with Crippen LogP contribution < -0.4 is 10.2 Å². The lowest BCUT2D eigenvalue weighted by atomic mass is 9.95. The van der Waals surface area contributed by atoms with Gasteiger partial charge in [0.15, 0.2) is 0 Å². The minimum atomic E-state index is -0.367. The Labute approximate surface area is 159 Å². The van der Waals surface area contributed by atoms with Crippen molar-refractivity contribution in [2.24, 2.45) is 5.92 Å². The molecule has 0 aromatic heterocycles. The number of benzene rings is 1. The molecular weight excluding hydrogens is 350 g/mol. The second-order valence-electron chi connectivity index (χ2n) is 6.68. The van der Waals surface area contributed by atoms with Crippen LogP contribution in [-0.4, -0.2) is 43.5 Å². The molecule has 0 radical (unpaired) electrons. The summed E-state index contributed by atoms with van der Waals surface area (Å²) in [5.74, 6) is -0.214. The van der Waals surface area contributed by atoms with Crippen molar-refractivity contribution in [1.82, 2.24) is 5.32 Å². The fourth-order valence-electron chi connectivity index (χ4n) is 3.30. The summed E-state index contributed by atoms with van der Waals surface area (Å²) >= 11 is 0. The SMILES string of the molecule is COC(=O)CCCCCNC(=O)C1CCN(c2ccccc2[N+](=O)[O-])CC1. The van der Waals surface area contributed by atoms with E-state index in [0.717, 1.165) is 19.3 Å². The van der Waals surface area contributed by atoms with Gasteiger partial charge in [-0.25, -0.2) is 0 Å². The molecule has 1 aliphatic heterocycles. The Balaban J connectivity index is 1.70. The number of carbonyl (C=O) groups excluding carboxylic acids is 2. The van der Waals surface area contributed by atoms with Gasteiger partial charge < -0.3 is 15.0 Å². The number of hydrogen-bond donors (Lipinski definition) is 1. The van der Waals surface area contributed by atoms with E-state index in [1.807, 2.05) is 4.90 Å². The molecule has 0 bridgehead atoms. The molecule has 2 rings (SSSR count). The molecule has 0 unspecified atom stereocenters. The van der Waals surface area contributed by atoms with Crippen LogP contribution in [0.2, 0.25) is 0 Å². The van der Waals surface area contributed by atoms with Crippen molar-refractivity contribution in [1.29, 1.82) is 0 Å². The van der Waals surface area contributed by atoms with Crippen molar-refractivity contribution in [3.05, 3.63) is 34.4 Å². The number of unbranched alkanes of at least 4 members (excludes halogenated alkanes) is 2. The molecule has 1 fully saturated rings. The predicted octanol–water partition coefficient (Wildman–Crippen LogP) is 2.66. The average molecular weight is 377 g/mol. The summed E-state index contributed by atoms with van der Waals surface area (Å²) in [6.45, 7) is 1.86. The molecule has 0 aliphatic carbocycles. The molecule has 1 aromatic carbocycles. The van der Waals surface area contributed by atoms with Crippen molar-refractivity contribution >= 4 is 23.3 Å². The smallest absolute Gasteiger partial charge is 0.305 e. The van der Waals surface area contributed by atoms with Gasteiger partial charge in [-0.3, -0.25) is 19.7 Å². The number of nitrogens with zero attached hydrogens (tertiary/aromatic N) is 2. The van der Waals surface area contributed by atoms with E-state index in [2.05, 4.69) is 10.1 Å². The zero-order chi connectivity index (χ0) is 19.6. The Morgan fingerprint density at radius 2 is 1.93 bits per heavy atom. The van der Waals surface area contributed by atoms with E-state index in [4.69, 9.17) is 0 Å². The van der Waals surface area contributed by atoms with Crippen LogP contribution in [0.1, 0.15) is 38.5 Å². The second kappa shape index (κ2) is 10.5. The molecule has 8 nitrogen and oxygen atoms in total. The number of amides is 1. The van der Waals surface area contributed by atoms with Crippen molar-refractivity contribution in [3.63, 3.8) is 0 Å². The Hall–Kier alpha value is -2.64. The van der Waals surface area contributed by atoms with Gasteiger partial charge in [0.25, 0.3) is 5.69 Å². The molecule has 8 heteroatoms. The number of carbonyl (C=O) groups is 2. The first-order chi connectivity index (χ1) is 13.0. The number of anilines is 1. The minimum absolute atomic E-state index is 0.0465. The lowest BCUT2D eigenvalue weighted by molar-refractivity contribution is -0.384. The molecule has 1 saturated heterocycles. The number of nitro benzene ring substituents is 1. The van der Waals surface area contributed by atoms with Gasteiger partial charge in [0.05, 0.1) is 12.0 Å². The lowest BCUT2D eigenvalue weighted by Crippen LogP contribution is -2.41. The van der Waals surface area contributed by atoms with Gasteiger partial charge in [-0.2, -0.15) is 0 Å². The summed E-state index contributed by atoms with van der Waals surface area (Å²) in [4.78, 5) is 36.1. The van der Waals surface area contributed by atoms with Crippen LogP contribution in [0.5, 0.6) is 0 Å². The van der Waals surface area contributed by atoms with Crippen LogP contribution in [0.15, 0.2) is 24.3 Å². The third-order valence-corrected chi connectivity index (χ3v) is 4.87. The highest BCUT2D eigenvalue weighted by molar-refractivity contribution is 5.79. The number of rotatable bonds is 9. The molecule has 0 spiro atoms. The van der Waals surface area contributed by atoms with Crippen LogP contribution >= 0.6 is 0 Å². The summed E-state index contributed by atoms with van der Waals surface area (Å²) in [7, 11) is 1.38. The molecule has 1 aromatic rings. The van der Waals surface area contributed by atoms with E-state index >= 15 is 0 Å². The normalized spacial score (nSPS) is 14.6. The number of methoxy groups -OCH3 is 1. The Morgan fingerprint density at radius 1 is 1.22 bits per heavy atom. The minimum Gasteiger partial charge on any atom is -0.469 e. The molecule has 1 aliphatic rings. The van der Waals surface area contributed by atoms with Gasteiger partial charge in [-0.05, 0) is 31.7 Å². The maximum absolute atomic E-state index is 12.3. The number of piperidine rings is 1. The first-order valence-corrected chi connectivity index (χ1v) is 9.36. The Bertz CT molecular complexity index is 657. The average Bonchev–Trinajstić information content (AvgIpc) is 2.70. The van der Waals surface area contributed by atoms with Gasteiger partial charge in [0.1, 0.15) is 5.69 Å². The largest absolute Gasteiger partial charge is 0.469 e. The highest BCUT2D eigenvalue weighted by Gasteiger charge is 2.27. The standard InChI is InChI=1S/C19H27N3O5/c1-27-18(23)9-3-2-6-12-20-19(24)15-10-13-21(14-11-15)16-7-4-5-8-17(16)22(25)26/h4-5,7-8,15H,2-3,6,9-14H2,1H3,(H,20,24). The fraction of sp³-hybridized carbons (Fsp3) is 0.579. The Kier molecular flexibility index (Phi) is 8.03. The number of nitro groups is 1. The van der Waals surface area contributed by atoms with E-state index in [1.165, 1.54) is 13.2 Å². The van der Waals surface area contributed by atoms with E-state index < -0.39 is 0 Å². The number of hydrogen-bond acceptors (Lipinski definition) is 6. The van der Waals surface area contributed by atoms with Crippen molar-refractivity contribution in [2.45, 2.75) is 38.5 Å². The van der Waals surface area contributed by atoms with Gasteiger partial charge in [0, 0.05) is 38.0 Å². The van der Waals surface area contributed by atoms with Crippen LogP contribution in [0.4, 0.5) is 11.4 Å². The monoisotopic (exact) mass is 377 g/mol. The van der Waals surface area contributed by atoms with Gasteiger partial charge >= 0.3 is 5.97 Å². The van der Waals surface area contributed by atoms with Gasteiger partial charge in [-0.1, -0.05) is 18.6 Å². The zero-order valence-corrected chi connectivity index (χ0v) is 15.7. The Morgan fingerprint density at radius 3 is 2.59 bits per heavy atom. The van der Waals surface area contributed by atoms with Gasteiger partial charge in [-0.15, -0.1) is 0 Å². The molecule has 27 heavy (non-hydrogen) atoms. The fourth-order valence-corrected chi connectivity index (χ4v) is 3.30. The van der Waals surface area contributed by atoms with Crippen LogP contribution in [-0.2, 0) is 14.3 Å². The maximum atomic E-state index is 12.3. The summed E-state index contributed by atoms with van der Waals surface area (Å²) in [5.41, 5.74) is 0.722. The molecule has 148 valence electrons. The number of nitrogens with one attached hydrogen (secondary N) is 1. The number of ether oxygens (including phenoxy) is 1. The van der Waals surface area contributed by atoms with Gasteiger partial charge in [0.2, 0.25) is 5.91 Å². The third kappa shape index (κ3) is 6.23. The summed E-state index contributed by atoms with van der Waals surface area (Å²) in [6, 6.07) is 6.72.